The number of benzene rings is 3. The van der Waals surface area contributed by atoms with Gasteiger partial charge >= 0.3 is 12.2 Å². The Bertz CT molecular complexity index is 1440. The standard InChI is InChI=1S/C30H30N4O6/c1-19-8-13-24-23(16-19)30(40-29(38)33-24)14-15-34(18-30)27(36)25(17-20-6-4-3-5-7-20)32-26(35)21-9-11-22(12-10-21)31-28(37)39-2/h3-13,16,25H,14-15,17-18H2,1-2H3,(H,31,37)(H,32,35)(H,33,38)/t25?,30-/m0/s1. The fraction of sp³-hybridized carbons (Fsp3) is 0.267. The van der Waals surface area contributed by atoms with E-state index >= 15 is 0 Å². The summed E-state index contributed by atoms with van der Waals surface area (Å²) < 4.78 is 10.4. The topological polar surface area (TPSA) is 126 Å². The molecular weight excluding hydrogens is 512 g/mol. The molecule has 5 rings (SSSR count). The minimum absolute atomic E-state index is 0.185. The van der Waals surface area contributed by atoms with Gasteiger partial charge in [-0.1, -0.05) is 42.0 Å². The predicted octanol–water partition coefficient (Wildman–Crippen LogP) is 4.20. The number of carbonyl (C=O) groups is 4. The zero-order valence-electron chi connectivity index (χ0n) is 22.2. The molecule has 0 saturated carbocycles. The third-order valence-corrected chi connectivity index (χ3v) is 7.20. The fourth-order valence-electron chi connectivity index (χ4n) is 5.17. The van der Waals surface area contributed by atoms with E-state index in [0.29, 0.717) is 29.9 Å². The molecular formula is C30H30N4O6. The first-order valence-corrected chi connectivity index (χ1v) is 13.0. The second-order valence-corrected chi connectivity index (χ2v) is 9.98. The SMILES string of the molecule is COC(=O)Nc1ccc(C(=O)NC(Cc2ccccc2)C(=O)N2CC[C@@]3(C2)OC(=O)Nc2ccc(C)cc23)cc1. The van der Waals surface area contributed by atoms with Crippen molar-refractivity contribution in [3.05, 3.63) is 95.1 Å². The zero-order valence-corrected chi connectivity index (χ0v) is 22.2. The Kier molecular flexibility index (Phi) is 7.41. The normalized spacial score (nSPS) is 18.2. The number of rotatable bonds is 6. The van der Waals surface area contributed by atoms with Gasteiger partial charge in [-0.3, -0.25) is 20.2 Å². The minimum Gasteiger partial charge on any atom is -0.453 e. The van der Waals surface area contributed by atoms with Gasteiger partial charge in [-0.25, -0.2) is 9.59 Å². The molecule has 0 bridgehead atoms. The number of hydrogen-bond acceptors (Lipinski definition) is 6. The highest BCUT2D eigenvalue weighted by Gasteiger charge is 2.49. The largest absolute Gasteiger partial charge is 0.453 e. The summed E-state index contributed by atoms with van der Waals surface area (Å²) in [6.45, 7) is 2.52. The van der Waals surface area contributed by atoms with E-state index in [2.05, 4.69) is 20.7 Å². The van der Waals surface area contributed by atoms with E-state index < -0.39 is 29.7 Å². The van der Waals surface area contributed by atoms with E-state index in [1.807, 2.05) is 55.5 Å². The fourth-order valence-corrected chi connectivity index (χ4v) is 5.17. The van der Waals surface area contributed by atoms with E-state index in [-0.39, 0.29) is 18.9 Å². The average molecular weight is 543 g/mol. The number of aryl methyl sites for hydroxylation is 1. The number of nitrogens with zero attached hydrogens (tertiary/aromatic N) is 1. The van der Waals surface area contributed by atoms with Crippen LogP contribution in [0, 0.1) is 6.92 Å². The number of likely N-dealkylation sites (tertiary alicyclic amines) is 1. The summed E-state index contributed by atoms with van der Waals surface area (Å²) in [5.74, 6) is -0.691. The van der Waals surface area contributed by atoms with Crippen molar-refractivity contribution in [2.24, 2.45) is 0 Å². The first-order chi connectivity index (χ1) is 19.3. The molecule has 3 aromatic carbocycles. The lowest BCUT2D eigenvalue weighted by Crippen LogP contribution is -2.50. The lowest BCUT2D eigenvalue weighted by Gasteiger charge is -2.36. The van der Waals surface area contributed by atoms with Crippen LogP contribution in [-0.4, -0.2) is 55.1 Å². The van der Waals surface area contributed by atoms with Crippen molar-refractivity contribution >= 4 is 35.4 Å². The van der Waals surface area contributed by atoms with Crippen molar-refractivity contribution in [2.75, 3.05) is 30.8 Å². The number of hydrogen-bond donors (Lipinski definition) is 3. The molecule has 3 N–H and O–H groups in total. The maximum Gasteiger partial charge on any atom is 0.412 e. The molecule has 1 unspecified atom stereocenters. The highest BCUT2D eigenvalue weighted by atomic mass is 16.6. The Balaban J connectivity index is 1.36. The first-order valence-electron chi connectivity index (χ1n) is 13.0. The maximum atomic E-state index is 13.9. The Hall–Kier alpha value is -4.86. The lowest BCUT2D eigenvalue weighted by atomic mass is 9.89. The van der Waals surface area contributed by atoms with Gasteiger partial charge in [-0.15, -0.1) is 0 Å². The van der Waals surface area contributed by atoms with E-state index in [0.717, 1.165) is 16.7 Å². The van der Waals surface area contributed by atoms with Crippen LogP contribution in [0.3, 0.4) is 0 Å². The third-order valence-electron chi connectivity index (χ3n) is 7.20. The van der Waals surface area contributed by atoms with Gasteiger partial charge in [0.15, 0.2) is 5.60 Å². The molecule has 1 fully saturated rings. The van der Waals surface area contributed by atoms with Gasteiger partial charge in [-0.05, 0) is 48.9 Å². The number of carbonyl (C=O) groups excluding carboxylic acids is 4. The van der Waals surface area contributed by atoms with E-state index in [9.17, 15) is 19.2 Å². The second kappa shape index (κ2) is 11.1. The summed E-state index contributed by atoms with van der Waals surface area (Å²) in [5, 5.41) is 8.18. The highest BCUT2D eigenvalue weighted by Crippen LogP contribution is 2.43. The molecule has 2 aliphatic rings. The van der Waals surface area contributed by atoms with Gasteiger partial charge in [-0.2, -0.15) is 0 Å². The van der Waals surface area contributed by atoms with Crippen LogP contribution in [0.5, 0.6) is 0 Å². The van der Waals surface area contributed by atoms with E-state index in [4.69, 9.17) is 4.74 Å². The minimum atomic E-state index is -0.955. The molecule has 40 heavy (non-hydrogen) atoms. The molecule has 0 aliphatic carbocycles. The number of ether oxygens (including phenoxy) is 2. The molecule has 4 amide bonds. The van der Waals surface area contributed by atoms with Crippen molar-refractivity contribution < 1.29 is 28.7 Å². The Labute approximate surface area is 231 Å². The molecule has 2 atom stereocenters. The molecule has 2 heterocycles. The Morgan fingerprint density at radius 1 is 1.07 bits per heavy atom. The van der Waals surface area contributed by atoms with Crippen molar-refractivity contribution in [1.29, 1.82) is 0 Å². The average Bonchev–Trinajstić information content (AvgIpc) is 3.37. The van der Waals surface area contributed by atoms with E-state index in [1.54, 1.807) is 29.2 Å². The van der Waals surface area contributed by atoms with Gasteiger partial charge < -0.3 is 19.7 Å². The van der Waals surface area contributed by atoms with Crippen LogP contribution in [0.4, 0.5) is 21.0 Å². The molecule has 206 valence electrons. The molecule has 1 spiro atoms. The quantitative estimate of drug-likeness (QED) is 0.429. The molecule has 0 aromatic heterocycles. The molecule has 1 saturated heterocycles. The number of nitrogens with one attached hydrogen (secondary N) is 3. The van der Waals surface area contributed by atoms with Crippen molar-refractivity contribution in [3.8, 4) is 0 Å². The summed E-state index contributed by atoms with van der Waals surface area (Å²) in [6, 6.07) is 20.6. The van der Waals surface area contributed by atoms with Crippen LogP contribution in [-0.2, 0) is 26.3 Å². The van der Waals surface area contributed by atoms with Crippen molar-refractivity contribution in [3.63, 3.8) is 0 Å². The molecule has 3 aromatic rings. The summed E-state index contributed by atoms with van der Waals surface area (Å²) in [5.41, 5.74) is 3.27. The number of amides is 4. The van der Waals surface area contributed by atoms with E-state index in [1.165, 1.54) is 7.11 Å². The maximum absolute atomic E-state index is 13.9. The van der Waals surface area contributed by atoms with Crippen LogP contribution < -0.4 is 16.0 Å². The molecule has 2 aliphatic heterocycles. The van der Waals surface area contributed by atoms with Crippen LogP contribution in [0.15, 0.2) is 72.8 Å². The van der Waals surface area contributed by atoms with Crippen molar-refractivity contribution in [2.45, 2.75) is 31.4 Å². The smallest absolute Gasteiger partial charge is 0.412 e. The second-order valence-electron chi connectivity index (χ2n) is 9.98. The number of fused-ring (bicyclic) bond motifs is 2. The van der Waals surface area contributed by atoms with Gasteiger partial charge in [0.2, 0.25) is 5.91 Å². The summed E-state index contributed by atoms with van der Waals surface area (Å²) in [6.07, 6.45) is -0.437. The van der Waals surface area contributed by atoms with Crippen LogP contribution in [0.25, 0.3) is 0 Å². The molecule has 10 nitrogen and oxygen atoms in total. The van der Waals surface area contributed by atoms with Crippen LogP contribution in [0.2, 0.25) is 0 Å². The molecule has 10 heteroatoms. The summed E-state index contributed by atoms with van der Waals surface area (Å²) in [4.78, 5) is 52.6. The van der Waals surface area contributed by atoms with Gasteiger partial charge in [0.25, 0.3) is 5.91 Å². The lowest BCUT2D eigenvalue weighted by molar-refractivity contribution is -0.133. The third kappa shape index (κ3) is 5.61. The summed E-state index contributed by atoms with van der Waals surface area (Å²) in [7, 11) is 1.26. The van der Waals surface area contributed by atoms with Gasteiger partial charge in [0.05, 0.1) is 19.3 Å². The Morgan fingerprint density at radius 2 is 1.82 bits per heavy atom. The van der Waals surface area contributed by atoms with Gasteiger partial charge in [0.1, 0.15) is 6.04 Å². The number of methoxy groups -OCH3 is 1. The summed E-state index contributed by atoms with van der Waals surface area (Å²) >= 11 is 0. The highest BCUT2D eigenvalue weighted by molar-refractivity contribution is 5.98. The van der Waals surface area contributed by atoms with Crippen LogP contribution >= 0.6 is 0 Å². The predicted molar refractivity (Wildman–Crippen MR) is 148 cm³/mol. The van der Waals surface area contributed by atoms with Crippen molar-refractivity contribution in [1.82, 2.24) is 10.2 Å². The number of anilines is 2. The molecule has 0 radical (unpaired) electrons. The first kappa shape index (κ1) is 26.7. The van der Waals surface area contributed by atoms with Gasteiger partial charge in [0, 0.05) is 36.2 Å². The van der Waals surface area contributed by atoms with Crippen LogP contribution in [0.1, 0.15) is 33.5 Å². The monoisotopic (exact) mass is 542 g/mol. The zero-order chi connectivity index (χ0) is 28.3. The Morgan fingerprint density at radius 3 is 2.55 bits per heavy atom.